The van der Waals surface area contributed by atoms with Gasteiger partial charge in [0.05, 0.1) is 5.69 Å². The second-order valence-corrected chi connectivity index (χ2v) is 5.54. The van der Waals surface area contributed by atoms with Crippen molar-refractivity contribution in [2.24, 2.45) is 12.2 Å². The molecule has 0 saturated carbocycles. The van der Waals surface area contributed by atoms with Crippen molar-refractivity contribution in [3.05, 3.63) is 65.6 Å². The van der Waals surface area contributed by atoms with Gasteiger partial charge in [0.25, 0.3) is 5.17 Å². The highest BCUT2D eigenvalue weighted by Gasteiger charge is 2.14. The molecule has 26 heavy (non-hydrogen) atoms. The van der Waals surface area contributed by atoms with Crippen LogP contribution in [0.1, 0.15) is 17.1 Å². The van der Waals surface area contributed by atoms with Crippen LogP contribution in [0.4, 0.5) is 5.82 Å². The SMILES string of the molecule is Cn1nnnc1C(=NOCc1cccc(NC(O)=S)n1)c1ccccc1. The van der Waals surface area contributed by atoms with E-state index in [1.165, 1.54) is 4.68 Å². The number of hydrogen-bond donors (Lipinski definition) is 2. The van der Waals surface area contributed by atoms with Crippen LogP contribution in [0.25, 0.3) is 0 Å². The summed E-state index contributed by atoms with van der Waals surface area (Å²) in [5.41, 5.74) is 1.93. The van der Waals surface area contributed by atoms with Gasteiger partial charge in [-0.3, -0.25) is 0 Å². The summed E-state index contributed by atoms with van der Waals surface area (Å²) < 4.78 is 1.51. The fourth-order valence-corrected chi connectivity index (χ4v) is 2.26. The van der Waals surface area contributed by atoms with Crippen molar-refractivity contribution in [3.63, 3.8) is 0 Å². The second-order valence-electron chi connectivity index (χ2n) is 5.15. The third-order valence-corrected chi connectivity index (χ3v) is 3.39. The number of thiocarbonyl (C=S) groups is 1. The molecule has 0 amide bonds. The molecule has 0 aliphatic heterocycles. The zero-order valence-corrected chi connectivity index (χ0v) is 14.6. The zero-order chi connectivity index (χ0) is 18.4. The summed E-state index contributed by atoms with van der Waals surface area (Å²) in [6.07, 6.45) is 0. The summed E-state index contributed by atoms with van der Waals surface area (Å²) in [4.78, 5) is 9.73. The minimum Gasteiger partial charge on any atom is -0.486 e. The highest BCUT2D eigenvalue weighted by atomic mass is 32.1. The van der Waals surface area contributed by atoms with Crippen LogP contribution in [0.3, 0.4) is 0 Å². The fraction of sp³-hybridized carbons (Fsp3) is 0.125. The molecule has 2 heterocycles. The second kappa shape index (κ2) is 8.12. The molecule has 0 radical (unpaired) electrons. The van der Waals surface area contributed by atoms with Crippen LogP contribution in [0.2, 0.25) is 0 Å². The number of hydrogen-bond acceptors (Lipinski definition) is 7. The molecule has 2 aromatic heterocycles. The van der Waals surface area contributed by atoms with E-state index < -0.39 is 0 Å². The van der Waals surface area contributed by atoms with E-state index in [2.05, 4.69) is 43.2 Å². The van der Waals surface area contributed by atoms with E-state index in [4.69, 9.17) is 9.94 Å². The Morgan fingerprint density at radius 3 is 2.73 bits per heavy atom. The number of pyridine rings is 1. The lowest BCUT2D eigenvalue weighted by Crippen LogP contribution is -2.12. The van der Waals surface area contributed by atoms with Gasteiger partial charge in [0.1, 0.15) is 5.82 Å². The Morgan fingerprint density at radius 1 is 1.23 bits per heavy atom. The topological polar surface area (TPSA) is 110 Å². The van der Waals surface area contributed by atoms with Crippen molar-refractivity contribution in [3.8, 4) is 0 Å². The van der Waals surface area contributed by atoms with Crippen molar-refractivity contribution in [2.45, 2.75) is 6.61 Å². The van der Waals surface area contributed by atoms with E-state index in [1.54, 1.807) is 25.2 Å². The van der Waals surface area contributed by atoms with E-state index in [0.717, 1.165) is 5.56 Å². The molecule has 0 bridgehead atoms. The van der Waals surface area contributed by atoms with Crippen molar-refractivity contribution >= 4 is 28.9 Å². The minimum atomic E-state index is -0.352. The molecule has 0 aliphatic rings. The number of benzene rings is 1. The van der Waals surface area contributed by atoms with E-state index in [9.17, 15) is 0 Å². The lowest BCUT2D eigenvalue weighted by Gasteiger charge is -2.07. The fourth-order valence-electron chi connectivity index (χ4n) is 2.15. The Morgan fingerprint density at radius 2 is 2.04 bits per heavy atom. The first-order valence-electron chi connectivity index (χ1n) is 7.57. The third-order valence-electron chi connectivity index (χ3n) is 3.29. The lowest BCUT2D eigenvalue weighted by atomic mass is 10.1. The van der Waals surface area contributed by atoms with Crippen molar-refractivity contribution in [2.75, 3.05) is 5.32 Å². The van der Waals surface area contributed by atoms with Gasteiger partial charge in [-0.15, -0.1) is 5.10 Å². The van der Waals surface area contributed by atoms with Gasteiger partial charge in [0, 0.05) is 12.6 Å². The van der Waals surface area contributed by atoms with Gasteiger partial charge in [-0.1, -0.05) is 41.6 Å². The predicted octanol–water partition coefficient (Wildman–Crippen LogP) is 1.83. The highest BCUT2D eigenvalue weighted by Crippen LogP contribution is 2.10. The monoisotopic (exact) mass is 369 g/mol. The maximum Gasteiger partial charge on any atom is 0.259 e. The van der Waals surface area contributed by atoms with Gasteiger partial charge < -0.3 is 15.3 Å². The van der Waals surface area contributed by atoms with Crippen LogP contribution in [0, 0.1) is 0 Å². The van der Waals surface area contributed by atoms with Gasteiger partial charge in [-0.05, 0) is 34.8 Å². The lowest BCUT2D eigenvalue weighted by molar-refractivity contribution is 0.128. The number of aliphatic hydroxyl groups is 1. The number of aromatic nitrogens is 5. The Hall–Kier alpha value is -3.40. The minimum absolute atomic E-state index is 0.120. The largest absolute Gasteiger partial charge is 0.486 e. The first-order chi connectivity index (χ1) is 12.6. The molecular formula is C16H15N7O2S. The van der Waals surface area contributed by atoms with Crippen LogP contribution < -0.4 is 5.32 Å². The molecule has 0 spiro atoms. The van der Waals surface area contributed by atoms with Gasteiger partial charge in [-0.25, -0.2) is 9.67 Å². The summed E-state index contributed by atoms with van der Waals surface area (Å²) in [5, 5.41) is 27.0. The highest BCUT2D eigenvalue weighted by molar-refractivity contribution is 7.80. The predicted molar refractivity (Wildman–Crippen MR) is 98.8 cm³/mol. The molecule has 9 nitrogen and oxygen atoms in total. The molecule has 1 aromatic carbocycles. The molecule has 132 valence electrons. The van der Waals surface area contributed by atoms with E-state index >= 15 is 0 Å². The number of nitrogens with zero attached hydrogens (tertiary/aromatic N) is 6. The van der Waals surface area contributed by atoms with Gasteiger partial charge >= 0.3 is 0 Å². The average molecular weight is 369 g/mol. The normalized spacial score (nSPS) is 11.2. The number of rotatable bonds is 6. The van der Waals surface area contributed by atoms with Gasteiger partial charge in [-0.2, -0.15) is 0 Å². The summed E-state index contributed by atoms with van der Waals surface area (Å²) in [5.74, 6) is 0.897. The maximum absolute atomic E-state index is 9.11. The van der Waals surface area contributed by atoms with Gasteiger partial charge in [0.2, 0.25) is 5.82 Å². The Bertz CT molecular complexity index is 927. The number of aryl methyl sites for hydroxylation is 1. The van der Waals surface area contributed by atoms with Crippen LogP contribution in [-0.2, 0) is 18.5 Å². The number of nitrogens with one attached hydrogen (secondary N) is 1. The Labute approximate surface area is 154 Å². The Balaban J connectivity index is 1.80. The molecule has 2 N–H and O–H groups in total. The van der Waals surface area contributed by atoms with Crippen LogP contribution in [0.15, 0.2) is 53.7 Å². The van der Waals surface area contributed by atoms with E-state index in [1.807, 2.05) is 30.3 Å². The number of tetrazole rings is 1. The summed E-state index contributed by atoms with van der Waals surface area (Å²) >= 11 is 4.58. The standard InChI is InChI=1S/C16H15N7O2S/c1-23-15(19-21-22-23)14(11-6-3-2-4-7-11)20-25-10-12-8-5-9-13(17-12)18-16(24)26/h2-9H,10H2,1H3,(H2,17,18,24,26). The van der Waals surface area contributed by atoms with Gasteiger partial charge in [0.15, 0.2) is 12.3 Å². The molecule has 3 rings (SSSR count). The van der Waals surface area contributed by atoms with Crippen molar-refractivity contribution in [1.82, 2.24) is 25.2 Å². The number of anilines is 1. The van der Waals surface area contributed by atoms with Crippen molar-refractivity contribution in [1.29, 1.82) is 0 Å². The maximum atomic E-state index is 9.11. The van der Waals surface area contributed by atoms with E-state index in [0.29, 0.717) is 23.0 Å². The first-order valence-corrected chi connectivity index (χ1v) is 7.98. The molecular weight excluding hydrogens is 354 g/mol. The zero-order valence-electron chi connectivity index (χ0n) is 13.8. The van der Waals surface area contributed by atoms with Crippen LogP contribution in [-0.4, -0.2) is 41.2 Å². The van der Waals surface area contributed by atoms with E-state index in [-0.39, 0.29) is 11.8 Å². The summed E-state index contributed by atoms with van der Waals surface area (Å²) in [6, 6.07) is 14.7. The number of aliphatic hydroxyl groups excluding tert-OH is 1. The van der Waals surface area contributed by atoms with Crippen LogP contribution in [0.5, 0.6) is 0 Å². The molecule has 0 fully saturated rings. The quantitative estimate of drug-likeness (QED) is 0.385. The molecule has 0 atom stereocenters. The van der Waals surface area contributed by atoms with Crippen molar-refractivity contribution < 1.29 is 9.94 Å². The van der Waals surface area contributed by atoms with Crippen LogP contribution >= 0.6 is 12.2 Å². The molecule has 0 unspecified atom stereocenters. The molecule has 3 aromatic rings. The molecule has 0 saturated heterocycles. The third kappa shape index (κ3) is 4.36. The summed E-state index contributed by atoms with van der Waals surface area (Å²) in [6.45, 7) is 0.120. The number of oxime groups is 1. The molecule has 10 heteroatoms. The Kier molecular flexibility index (Phi) is 5.44. The average Bonchev–Trinajstić information content (AvgIpc) is 3.05. The molecule has 0 aliphatic carbocycles. The smallest absolute Gasteiger partial charge is 0.259 e. The first kappa shape index (κ1) is 17.4. The summed E-state index contributed by atoms with van der Waals surface area (Å²) in [7, 11) is 1.72.